The molecule has 0 spiro atoms. The van der Waals surface area contributed by atoms with Crippen molar-refractivity contribution in [3.05, 3.63) is 23.8 Å². The lowest BCUT2D eigenvalue weighted by Crippen LogP contribution is -2.48. The van der Waals surface area contributed by atoms with Crippen LogP contribution in [0, 0.1) is 0 Å². The minimum atomic E-state index is -1.05. The molecule has 1 aliphatic heterocycles. The molecule has 6 heteroatoms. The Kier molecular flexibility index (Phi) is 3.69. The van der Waals surface area contributed by atoms with Gasteiger partial charge in [0.25, 0.3) is 0 Å². The first-order valence-electron chi connectivity index (χ1n) is 5.72. The molecule has 0 aliphatic carbocycles. The number of nitrogen functional groups attached to an aromatic ring is 1. The third-order valence-electron chi connectivity index (χ3n) is 3.06. The summed E-state index contributed by atoms with van der Waals surface area (Å²) in [5, 5.41) is 18.4. The summed E-state index contributed by atoms with van der Waals surface area (Å²) in [4.78, 5) is 12.9. The Balaban J connectivity index is 2.37. The third kappa shape index (κ3) is 2.25. The molecule has 0 aromatic heterocycles. The zero-order chi connectivity index (χ0) is 13.1. The molecule has 0 radical (unpaired) electrons. The van der Waals surface area contributed by atoms with Crippen LogP contribution in [-0.4, -0.2) is 48.6 Å². The highest BCUT2D eigenvalue weighted by Gasteiger charge is 2.25. The maximum absolute atomic E-state index is 11.0. The lowest BCUT2D eigenvalue weighted by atomic mass is 10.1. The molecule has 0 amide bonds. The van der Waals surface area contributed by atoms with Gasteiger partial charge in [-0.05, 0) is 12.1 Å². The number of morpholine rings is 1. The molecule has 1 aromatic carbocycles. The lowest BCUT2D eigenvalue weighted by Gasteiger charge is -2.37. The van der Waals surface area contributed by atoms with Crippen molar-refractivity contribution in [3.63, 3.8) is 0 Å². The number of aromatic carboxylic acids is 1. The van der Waals surface area contributed by atoms with Gasteiger partial charge in [-0.1, -0.05) is 6.07 Å². The number of nitrogens with two attached hydrogens (primary N) is 1. The van der Waals surface area contributed by atoms with Gasteiger partial charge in [-0.2, -0.15) is 0 Å². The molecule has 2 rings (SSSR count). The van der Waals surface area contributed by atoms with Gasteiger partial charge < -0.3 is 25.6 Å². The second kappa shape index (κ2) is 5.24. The minimum absolute atomic E-state index is 0.0588. The molecule has 1 atom stereocenters. The highest BCUT2D eigenvalue weighted by molar-refractivity contribution is 5.97. The van der Waals surface area contributed by atoms with E-state index in [9.17, 15) is 9.90 Å². The standard InChI is InChI=1S/C12H16N2O4/c13-11-9(12(16)17)2-1-3-10(11)14-4-5-18-7-8(14)6-15/h1-3,8,15H,4-7,13H2,(H,16,17). The van der Waals surface area contributed by atoms with Crippen molar-refractivity contribution in [3.8, 4) is 0 Å². The number of nitrogens with zero attached hydrogens (tertiary/aromatic N) is 1. The van der Waals surface area contributed by atoms with Crippen LogP contribution in [0.5, 0.6) is 0 Å². The second-order valence-corrected chi connectivity index (χ2v) is 4.15. The molecular weight excluding hydrogens is 236 g/mol. The Hall–Kier alpha value is -1.79. The van der Waals surface area contributed by atoms with Crippen molar-refractivity contribution < 1.29 is 19.7 Å². The van der Waals surface area contributed by atoms with Gasteiger partial charge in [0.2, 0.25) is 0 Å². The van der Waals surface area contributed by atoms with Crippen molar-refractivity contribution in [1.82, 2.24) is 0 Å². The predicted octanol–water partition coefficient (Wildman–Crippen LogP) is 0.164. The lowest BCUT2D eigenvalue weighted by molar-refractivity contribution is 0.0697. The first kappa shape index (κ1) is 12.7. The van der Waals surface area contributed by atoms with E-state index < -0.39 is 5.97 Å². The second-order valence-electron chi connectivity index (χ2n) is 4.15. The SMILES string of the molecule is Nc1c(C(=O)O)cccc1N1CCOCC1CO. The van der Waals surface area contributed by atoms with Crippen LogP contribution in [-0.2, 0) is 4.74 Å². The van der Waals surface area contributed by atoms with Crippen molar-refractivity contribution in [2.45, 2.75) is 6.04 Å². The summed E-state index contributed by atoms with van der Waals surface area (Å²) in [5.41, 5.74) is 6.83. The summed E-state index contributed by atoms with van der Waals surface area (Å²) in [6.07, 6.45) is 0. The Morgan fingerprint density at radius 2 is 2.33 bits per heavy atom. The van der Waals surface area contributed by atoms with Crippen molar-refractivity contribution in [2.75, 3.05) is 37.0 Å². The summed E-state index contributed by atoms with van der Waals surface area (Å²) in [7, 11) is 0. The van der Waals surface area contributed by atoms with Gasteiger partial charge in [0, 0.05) is 6.54 Å². The smallest absolute Gasteiger partial charge is 0.337 e. The number of benzene rings is 1. The highest BCUT2D eigenvalue weighted by Crippen LogP contribution is 2.29. The Morgan fingerprint density at radius 1 is 1.56 bits per heavy atom. The number of rotatable bonds is 3. The van der Waals surface area contributed by atoms with Gasteiger partial charge in [-0.15, -0.1) is 0 Å². The van der Waals surface area contributed by atoms with E-state index in [1.165, 1.54) is 6.07 Å². The normalized spacial score (nSPS) is 19.8. The molecule has 1 heterocycles. The van der Waals surface area contributed by atoms with Gasteiger partial charge in [0.1, 0.15) is 0 Å². The molecule has 1 saturated heterocycles. The van der Waals surface area contributed by atoms with E-state index >= 15 is 0 Å². The van der Waals surface area contributed by atoms with Gasteiger partial charge in [0.05, 0.1) is 42.8 Å². The van der Waals surface area contributed by atoms with Crippen LogP contribution in [0.2, 0.25) is 0 Å². The maximum atomic E-state index is 11.0. The molecule has 18 heavy (non-hydrogen) atoms. The number of aliphatic hydroxyl groups excluding tert-OH is 1. The summed E-state index contributed by atoms with van der Waals surface area (Å²) in [6, 6.07) is 4.69. The Morgan fingerprint density at radius 3 is 3.00 bits per heavy atom. The van der Waals surface area contributed by atoms with Crippen LogP contribution in [0.1, 0.15) is 10.4 Å². The van der Waals surface area contributed by atoms with Gasteiger partial charge in [-0.25, -0.2) is 4.79 Å². The molecule has 0 bridgehead atoms. The van der Waals surface area contributed by atoms with E-state index in [4.69, 9.17) is 15.6 Å². The fourth-order valence-corrected chi connectivity index (χ4v) is 2.11. The van der Waals surface area contributed by atoms with E-state index in [2.05, 4.69) is 0 Å². The number of carboxylic acid groups (broad SMARTS) is 1. The Labute approximate surface area is 105 Å². The van der Waals surface area contributed by atoms with E-state index in [1.807, 2.05) is 4.90 Å². The van der Waals surface area contributed by atoms with Crippen LogP contribution in [0.25, 0.3) is 0 Å². The van der Waals surface area contributed by atoms with Crippen LogP contribution < -0.4 is 10.6 Å². The largest absolute Gasteiger partial charge is 0.478 e. The number of ether oxygens (including phenoxy) is 1. The quantitative estimate of drug-likeness (QED) is 0.663. The average Bonchev–Trinajstić information content (AvgIpc) is 2.38. The zero-order valence-electron chi connectivity index (χ0n) is 9.87. The Bertz CT molecular complexity index is 450. The summed E-state index contributed by atoms with van der Waals surface area (Å²) >= 11 is 0. The number of para-hydroxylation sites is 1. The number of hydrogen-bond acceptors (Lipinski definition) is 5. The predicted molar refractivity (Wildman–Crippen MR) is 66.9 cm³/mol. The molecule has 1 aromatic rings. The van der Waals surface area contributed by atoms with E-state index in [1.54, 1.807) is 12.1 Å². The summed E-state index contributed by atoms with van der Waals surface area (Å²) in [5.74, 6) is -1.05. The van der Waals surface area contributed by atoms with Crippen LogP contribution >= 0.6 is 0 Å². The van der Waals surface area contributed by atoms with Crippen LogP contribution in [0.15, 0.2) is 18.2 Å². The number of carbonyl (C=O) groups is 1. The van der Waals surface area contributed by atoms with Crippen LogP contribution in [0.4, 0.5) is 11.4 Å². The molecule has 1 fully saturated rings. The highest BCUT2D eigenvalue weighted by atomic mass is 16.5. The molecule has 4 N–H and O–H groups in total. The van der Waals surface area contributed by atoms with Gasteiger partial charge in [-0.3, -0.25) is 0 Å². The fourth-order valence-electron chi connectivity index (χ4n) is 2.11. The fraction of sp³-hybridized carbons (Fsp3) is 0.417. The molecule has 6 nitrogen and oxygen atoms in total. The molecular formula is C12H16N2O4. The monoisotopic (exact) mass is 252 g/mol. The summed E-state index contributed by atoms with van der Waals surface area (Å²) in [6.45, 7) is 1.47. The first-order chi connectivity index (χ1) is 8.65. The van der Waals surface area contributed by atoms with Crippen molar-refractivity contribution in [1.29, 1.82) is 0 Å². The third-order valence-corrected chi connectivity index (χ3v) is 3.06. The zero-order valence-corrected chi connectivity index (χ0v) is 9.87. The maximum Gasteiger partial charge on any atom is 0.337 e. The van der Waals surface area contributed by atoms with E-state index in [0.717, 1.165) is 0 Å². The molecule has 0 saturated carbocycles. The first-order valence-corrected chi connectivity index (χ1v) is 5.72. The van der Waals surface area contributed by atoms with E-state index in [0.29, 0.717) is 25.4 Å². The number of anilines is 2. The van der Waals surface area contributed by atoms with Crippen molar-refractivity contribution in [2.24, 2.45) is 0 Å². The number of aliphatic hydroxyl groups is 1. The van der Waals surface area contributed by atoms with Crippen molar-refractivity contribution >= 4 is 17.3 Å². The van der Waals surface area contributed by atoms with E-state index in [-0.39, 0.29) is 23.9 Å². The molecule has 1 unspecified atom stereocenters. The van der Waals surface area contributed by atoms with Crippen LogP contribution in [0.3, 0.4) is 0 Å². The van der Waals surface area contributed by atoms with Gasteiger partial charge >= 0.3 is 5.97 Å². The minimum Gasteiger partial charge on any atom is -0.478 e. The average molecular weight is 252 g/mol. The summed E-state index contributed by atoms with van der Waals surface area (Å²) < 4.78 is 5.28. The molecule has 98 valence electrons. The topological polar surface area (TPSA) is 96.0 Å². The number of carboxylic acids is 1. The molecule has 1 aliphatic rings. The number of hydrogen-bond donors (Lipinski definition) is 3. The van der Waals surface area contributed by atoms with Gasteiger partial charge in [0.15, 0.2) is 0 Å².